The topological polar surface area (TPSA) is 76.7 Å². The number of nitrogens with two attached hydrogens (primary N) is 1. The summed E-state index contributed by atoms with van der Waals surface area (Å²) in [4.78, 5) is 12.9. The lowest BCUT2D eigenvalue weighted by Crippen LogP contribution is -2.20. The molecule has 94 valence electrons. The van der Waals surface area contributed by atoms with Crippen LogP contribution >= 0.6 is 0 Å². The maximum atomic E-state index is 5.55. The Morgan fingerprint density at radius 1 is 1.17 bits per heavy atom. The third-order valence-corrected chi connectivity index (χ3v) is 2.61. The highest BCUT2D eigenvalue weighted by Gasteiger charge is 2.02. The standard InChI is InChI=1S/C13H17N5/c1-10(6-14)7-17-13-9-16-12(8-18-13)11-4-2-3-5-15-11/h2-5,8-10H,6-7,14H2,1H3,(H,17,18). The highest BCUT2D eigenvalue weighted by molar-refractivity contribution is 5.53. The number of nitrogens with one attached hydrogen (secondary N) is 1. The number of hydrogen-bond donors (Lipinski definition) is 2. The smallest absolute Gasteiger partial charge is 0.144 e. The monoisotopic (exact) mass is 243 g/mol. The molecule has 0 saturated carbocycles. The van der Waals surface area contributed by atoms with Crippen molar-refractivity contribution in [1.29, 1.82) is 0 Å². The number of nitrogens with zero attached hydrogens (tertiary/aromatic N) is 3. The van der Waals surface area contributed by atoms with Gasteiger partial charge in [-0.1, -0.05) is 13.0 Å². The van der Waals surface area contributed by atoms with Gasteiger partial charge < -0.3 is 11.1 Å². The van der Waals surface area contributed by atoms with Crippen LogP contribution in [0, 0.1) is 5.92 Å². The zero-order valence-electron chi connectivity index (χ0n) is 10.4. The van der Waals surface area contributed by atoms with Crippen LogP contribution in [0.4, 0.5) is 5.82 Å². The zero-order valence-corrected chi connectivity index (χ0v) is 10.4. The summed E-state index contributed by atoms with van der Waals surface area (Å²) >= 11 is 0. The second kappa shape index (κ2) is 6.07. The average molecular weight is 243 g/mol. The number of hydrogen-bond acceptors (Lipinski definition) is 5. The molecule has 2 heterocycles. The Morgan fingerprint density at radius 3 is 2.67 bits per heavy atom. The van der Waals surface area contributed by atoms with Gasteiger partial charge in [0.25, 0.3) is 0 Å². The largest absolute Gasteiger partial charge is 0.368 e. The Hall–Kier alpha value is -2.01. The van der Waals surface area contributed by atoms with Crippen LogP contribution in [0.5, 0.6) is 0 Å². The Morgan fingerprint density at radius 2 is 2.06 bits per heavy atom. The summed E-state index contributed by atoms with van der Waals surface area (Å²) < 4.78 is 0. The molecule has 0 aromatic carbocycles. The molecule has 1 unspecified atom stereocenters. The van der Waals surface area contributed by atoms with Gasteiger partial charge in [0.05, 0.1) is 18.1 Å². The third kappa shape index (κ3) is 3.24. The van der Waals surface area contributed by atoms with Crippen molar-refractivity contribution in [2.24, 2.45) is 11.7 Å². The lowest BCUT2D eigenvalue weighted by molar-refractivity contribution is 0.627. The van der Waals surface area contributed by atoms with Crippen LogP contribution in [0.1, 0.15) is 6.92 Å². The minimum Gasteiger partial charge on any atom is -0.368 e. The second-order valence-corrected chi connectivity index (χ2v) is 4.22. The van der Waals surface area contributed by atoms with Crippen LogP contribution in [-0.2, 0) is 0 Å². The number of anilines is 1. The molecule has 0 aliphatic rings. The van der Waals surface area contributed by atoms with Gasteiger partial charge in [0, 0.05) is 12.7 Å². The van der Waals surface area contributed by atoms with E-state index in [0.717, 1.165) is 23.8 Å². The Bertz CT molecular complexity index is 469. The first-order chi connectivity index (χ1) is 8.79. The maximum Gasteiger partial charge on any atom is 0.144 e. The SMILES string of the molecule is CC(CN)CNc1cnc(-c2ccccn2)cn1. The Balaban J connectivity index is 2.02. The lowest BCUT2D eigenvalue weighted by Gasteiger charge is -2.10. The molecule has 18 heavy (non-hydrogen) atoms. The zero-order chi connectivity index (χ0) is 12.8. The Kier molecular flexibility index (Phi) is 4.20. The molecule has 0 radical (unpaired) electrons. The summed E-state index contributed by atoms with van der Waals surface area (Å²) in [7, 11) is 0. The molecule has 5 nitrogen and oxygen atoms in total. The minimum absolute atomic E-state index is 0.419. The van der Waals surface area contributed by atoms with Crippen molar-refractivity contribution in [3.63, 3.8) is 0 Å². The molecular weight excluding hydrogens is 226 g/mol. The molecule has 0 aliphatic carbocycles. The highest BCUT2D eigenvalue weighted by Crippen LogP contribution is 2.13. The van der Waals surface area contributed by atoms with E-state index in [1.807, 2.05) is 18.2 Å². The van der Waals surface area contributed by atoms with E-state index in [2.05, 4.69) is 27.2 Å². The van der Waals surface area contributed by atoms with Gasteiger partial charge in [0.15, 0.2) is 0 Å². The summed E-state index contributed by atoms with van der Waals surface area (Å²) in [6.45, 7) is 3.54. The van der Waals surface area contributed by atoms with E-state index in [-0.39, 0.29) is 0 Å². The quantitative estimate of drug-likeness (QED) is 0.833. The fourth-order valence-corrected chi connectivity index (χ4v) is 1.43. The van der Waals surface area contributed by atoms with Crippen molar-refractivity contribution in [2.45, 2.75) is 6.92 Å². The van der Waals surface area contributed by atoms with E-state index >= 15 is 0 Å². The molecule has 1 atom stereocenters. The molecule has 0 aliphatic heterocycles. The predicted octanol–water partition coefficient (Wildman–Crippen LogP) is 1.55. The number of pyridine rings is 1. The first kappa shape index (κ1) is 12.4. The molecule has 2 aromatic heterocycles. The van der Waals surface area contributed by atoms with Gasteiger partial charge in [-0.05, 0) is 24.6 Å². The van der Waals surface area contributed by atoms with Crippen molar-refractivity contribution >= 4 is 5.82 Å². The minimum atomic E-state index is 0.419. The van der Waals surface area contributed by atoms with Gasteiger partial charge >= 0.3 is 0 Å². The molecule has 5 heteroatoms. The van der Waals surface area contributed by atoms with Crippen molar-refractivity contribution < 1.29 is 0 Å². The summed E-state index contributed by atoms with van der Waals surface area (Å²) in [5, 5.41) is 3.20. The van der Waals surface area contributed by atoms with E-state index in [9.17, 15) is 0 Å². The van der Waals surface area contributed by atoms with Crippen molar-refractivity contribution in [1.82, 2.24) is 15.0 Å². The molecule has 2 rings (SSSR count). The van der Waals surface area contributed by atoms with Crippen LogP contribution in [0.25, 0.3) is 11.4 Å². The first-order valence-corrected chi connectivity index (χ1v) is 5.97. The first-order valence-electron chi connectivity index (χ1n) is 5.97. The molecule has 0 amide bonds. The summed E-state index contributed by atoms with van der Waals surface area (Å²) in [6, 6.07) is 5.72. The molecule has 0 fully saturated rings. The van der Waals surface area contributed by atoms with Crippen molar-refractivity contribution in [3.05, 3.63) is 36.8 Å². The predicted molar refractivity (Wildman–Crippen MR) is 72.0 cm³/mol. The van der Waals surface area contributed by atoms with Crippen LogP contribution in [0.3, 0.4) is 0 Å². The average Bonchev–Trinajstić information content (AvgIpc) is 2.46. The molecule has 0 bridgehead atoms. The lowest BCUT2D eigenvalue weighted by atomic mass is 10.2. The fourth-order valence-electron chi connectivity index (χ4n) is 1.43. The van der Waals surface area contributed by atoms with E-state index in [1.165, 1.54) is 0 Å². The van der Waals surface area contributed by atoms with E-state index in [1.54, 1.807) is 18.6 Å². The van der Waals surface area contributed by atoms with Crippen LogP contribution in [0.15, 0.2) is 36.8 Å². The van der Waals surface area contributed by atoms with Crippen molar-refractivity contribution in [2.75, 3.05) is 18.4 Å². The summed E-state index contributed by atoms with van der Waals surface area (Å²) in [6.07, 6.45) is 5.18. The molecule has 2 aromatic rings. The van der Waals surface area contributed by atoms with Crippen LogP contribution < -0.4 is 11.1 Å². The fraction of sp³-hybridized carbons (Fsp3) is 0.308. The van der Waals surface area contributed by atoms with Gasteiger partial charge in [-0.25, -0.2) is 9.97 Å². The van der Waals surface area contributed by atoms with Gasteiger partial charge in [-0.15, -0.1) is 0 Å². The molecule has 0 saturated heterocycles. The summed E-state index contributed by atoms with van der Waals surface area (Å²) in [5.74, 6) is 1.18. The summed E-state index contributed by atoms with van der Waals surface area (Å²) in [5.41, 5.74) is 7.15. The Labute approximate surface area is 106 Å². The molecule has 3 N–H and O–H groups in total. The molecule has 0 spiro atoms. The normalized spacial score (nSPS) is 12.1. The van der Waals surface area contributed by atoms with Gasteiger partial charge in [0.1, 0.15) is 11.5 Å². The second-order valence-electron chi connectivity index (χ2n) is 4.22. The number of aromatic nitrogens is 3. The van der Waals surface area contributed by atoms with E-state index in [4.69, 9.17) is 5.73 Å². The highest BCUT2D eigenvalue weighted by atomic mass is 15.0. The van der Waals surface area contributed by atoms with Gasteiger partial charge in [-0.3, -0.25) is 4.98 Å². The van der Waals surface area contributed by atoms with E-state index < -0.39 is 0 Å². The van der Waals surface area contributed by atoms with Gasteiger partial charge in [-0.2, -0.15) is 0 Å². The van der Waals surface area contributed by atoms with Crippen molar-refractivity contribution in [3.8, 4) is 11.4 Å². The van der Waals surface area contributed by atoms with Crippen LogP contribution in [-0.4, -0.2) is 28.0 Å². The van der Waals surface area contributed by atoms with E-state index in [0.29, 0.717) is 12.5 Å². The maximum absolute atomic E-state index is 5.55. The molecular formula is C13H17N5. The van der Waals surface area contributed by atoms with Gasteiger partial charge in [0.2, 0.25) is 0 Å². The third-order valence-electron chi connectivity index (χ3n) is 2.61. The number of rotatable bonds is 5. The van der Waals surface area contributed by atoms with Crippen LogP contribution in [0.2, 0.25) is 0 Å².